The number of unbranched alkanes of at least 4 members (excludes halogenated alkanes) is 2. The number of carbonyl (C=O) groups is 3. The zero-order valence-corrected chi connectivity index (χ0v) is 19.3. The number of imide groups is 1. The number of carbonyl (C=O) groups excluding carboxylic acids is 3. The molecule has 0 bridgehead atoms. The Kier molecular flexibility index (Phi) is 6.91. The molecule has 0 N–H and O–H groups in total. The van der Waals surface area contributed by atoms with Crippen LogP contribution in [-0.2, 0) is 25.7 Å². The van der Waals surface area contributed by atoms with Crippen molar-refractivity contribution in [2.24, 2.45) is 5.92 Å². The van der Waals surface area contributed by atoms with Crippen LogP contribution in [0.2, 0.25) is 0 Å². The summed E-state index contributed by atoms with van der Waals surface area (Å²) in [4.78, 5) is 54.2. The second kappa shape index (κ2) is 10.0. The number of esters is 1. The number of likely N-dealkylation sites (tertiary alicyclic amines) is 1. The molecule has 7 nitrogen and oxygen atoms in total. The van der Waals surface area contributed by atoms with Gasteiger partial charge in [0, 0.05) is 5.56 Å². The molecule has 2 aromatic carbocycles. The van der Waals surface area contributed by atoms with Crippen LogP contribution in [0.25, 0.3) is 11.0 Å². The van der Waals surface area contributed by atoms with Crippen molar-refractivity contribution < 1.29 is 23.5 Å². The van der Waals surface area contributed by atoms with Gasteiger partial charge in [-0.15, -0.1) is 0 Å². The van der Waals surface area contributed by atoms with Crippen LogP contribution in [0, 0.1) is 12.8 Å². The number of nitrogens with zero attached hydrogens (tertiary/aromatic N) is 1. The number of ether oxygens (including phenoxy) is 1. The SMILES string of the molecule is CCCCCOC(=O)[C@H]1C(=O)N(Cc2ccccc2)C(=O)[C@@H]1c1coc2ccc(C)cc2c1=O. The molecule has 2 atom stereocenters. The predicted molar refractivity (Wildman–Crippen MR) is 126 cm³/mol. The lowest BCUT2D eigenvalue weighted by Crippen LogP contribution is -2.32. The van der Waals surface area contributed by atoms with E-state index in [4.69, 9.17) is 9.15 Å². The van der Waals surface area contributed by atoms with Crippen molar-refractivity contribution in [3.05, 3.63) is 81.7 Å². The van der Waals surface area contributed by atoms with Crippen LogP contribution in [-0.4, -0.2) is 29.3 Å². The molecule has 0 unspecified atom stereocenters. The Labute approximate surface area is 197 Å². The van der Waals surface area contributed by atoms with Crippen molar-refractivity contribution in [2.45, 2.75) is 45.6 Å². The fourth-order valence-electron chi connectivity index (χ4n) is 4.29. The summed E-state index contributed by atoms with van der Waals surface area (Å²) in [7, 11) is 0. The van der Waals surface area contributed by atoms with E-state index in [9.17, 15) is 19.2 Å². The molecule has 1 aromatic heterocycles. The predicted octanol–water partition coefficient (Wildman–Crippen LogP) is 4.10. The van der Waals surface area contributed by atoms with Crippen LogP contribution in [0.4, 0.5) is 0 Å². The van der Waals surface area contributed by atoms with Crippen LogP contribution in [0.1, 0.15) is 48.8 Å². The number of hydrogen-bond acceptors (Lipinski definition) is 6. The van der Waals surface area contributed by atoms with Crippen molar-refractivity contribution in [2.75, 3.05) is 6.61 Å². The second-order valence-electron chi connectivity index (χ2n) is 8.60. The molecule has 1 aliphatic heterocycles. The van der Waals surface area contributed by atoms with Gasteiger partial charge >= 0.3 is 5.97 Å². The van der Waals surface area contributed by atoms with Crippen molar-refractivity contribution in [3.63, 3.8) is 0 Å². The van der Waals surface area contributed by atoms with E-state index in [2.05, 4.69) is 0 Å². The van der Waals surface area contributed by atoms with E-state index in [-0.39, 0.29) is 18.7 Å². The highest BCUT2D eigenvalue weighted by molar-refractivity contribution is 6.16. The largest absolute Gasteiger partial charge is 0.465 e. The van der Waals surface area contributed by atoms with E-state index in [1.807, 2.05) is 26.0 Å². The Morgan fingerprint density at radius 2 is 1.79 bits per heavy atom. The van der Waals surface area contributed by atoms with Crippen LogP contribution in [0.3, 0.4) is 0 Å². The molecule has 2 heterocycles. The van der Waals surface area contributed by atoms with Gasteiger partial charge in [0.05, 0.1) is 30.7 Å². The maximum absolute atomic E-state index is 13.5. The van der Waals surface area contributed by atoms with Crippen LogP contribution < -0.4 is 5.43 Å². The van der Waals surface area contributed by atoms with Gasteiger partial charge in [0.2, 0.25) is 11.8 Å². The van der Waals surface area contributed by atoms with Crippen LogP contribution >= 0.6 is 0 Å². The van der Waals surface area contributed by atoms with Gasteiger partial charge in [0.25, 0.3) is 0 Å². The summed E-state index contributed by atoms with van der Waals surface area (Å²) in [5.74, 6) is -4.79. The van der Waals surface area contributed by atoms with Crippen molar-refractivity contribution in [1.82, 2.24) is 4.90 Å². The van der Waals surface area contributed by atoms with Gasteiger partial charge in [-0.05, 0) is 31.0 Å². The van der Waals surface area contributed by atoms with E-state index in [1.54, 1.807) is 36.4 Å². The summed E-state index contributed by atoms with van der Waals surface area (Å²) in [6.07, 6.45) is 3.68. The molecular weight excluding hydrogens is 434 g/mol. The molecule has 0 radical (unpaired) electrons. The molecule has 1 fully saturated rings. The molecule has 176 valence electrons. The minimum Gasteiger partial charge on any atom is -0.465 e. The fourth-order valence-corrected chi connectivity index (χ4v) is 4.29. The van der Waals surface area contributed by atoms with Gasteiger partial charge < -0.3 is 9.15 Å². The summed E-state index contributed by atoms with van der Waals surface area (Å²) in [6, 6.07) is 14.2. The normalized spacial score (nSPS) is 18.0. The van der Waals surface area contributed by atoms with Crippen LogP contribution in [0.15, 0.2) is 64.0 Å². The molecule has 4 rings (SSSR count). The smallest absolute Gasteiger partial charge is 0.319 e. The number of fused-ring (bicyclic) bond motifs is 1. The Morgan fingerprint density at radius 3 is 2.53 bits per heavy atom. The van der Waals surface area contributed by atoms with E-state index >= 15 is 0 Å². The maximum Gasteiger partial charge on any atom is 0.319 e. The van der Waals surface area contributed by atoms with Gasteiger partial charge in [-0.2, -0.15) is 0 Å². The quantitative estimate of drug-likeness (QED) is 0.217. The molecule has 7 heteroatoms. The van der Waals surface area contributed by atoms with Gasteiger partial charge in [-0.3, -0.25) is 24.1 Å². The standard InChI is InChI=1S/C27H27NO6/c1-3-4-8-13-33-27(32)23-22(20-16-34-21-12-11-17(2)14-19(21)24(20)29)25(30)28(26(23)31)15-18-9-6-5-7-10-18/h5-7,9-12,14,16,22-23H,3-4,8,13,15H2,1-2H3/t22-,23-/m1/s1. The molecule has 0 saturated carbocycles. The zero-order valence-electron chi connectivity index (χ0n) is 19.3. The van der Waals surface area contributed by atoms with Gasteiger partial charge in [0.15, 0.2) is 11.3 Å². The van der Waals surface area contributed by atoms with Crippen molar-refractivity contribution >= 4 is 28.8 Å². The first-order chi connectivity index (χ1) is 16.4. The van der Waals surface area contributed by atoms with Gasteiger partial charge in [-0.25, -0.2) is 0 Å². The maximum atomic E-state index is 13.5. The molecule has 0 spiro atoms. The lowest BCUT2D eigenvalue weighted by atomic mass is 9.88. The number of hydrogen-bond donors (Lipinski definition) is 0. The average Bonchev–Trinajstić information content (AvgIpc) is 3.08. The monoisotopic (exact) mass is 461 g/mol. The van der Waals surface area contributed by atoms with Crippen molar-refractivity contribution in [3.8, 4) is 0 Å². The summed E-state index contributed by atoms with van der Waals surface area (Å²) in [5.41, 5.74) is 1.52. The third kappa shape index (κ3) is 4.51. The topological polar surface area (TPSA) is 93.9 Å². The van der Waals surface area contributed by atoms with E-state index < -0.39 is 35.0 Å². The van der Waals surface area contributed by atoms with Crippen molar-refractivity contribution in [1.29, 1.82) is 0 Å². The molecule has 0 aliphatic carbocycles. The molecule has 2 amide bonds. The molecule has 34 heavy (non-hydrogen) atoms. The Balaban J connectivity index is 1.74. The zero-order chi connectivity index (χ0) is 24.2. The molecule has 1 saturated heterocycles. The van der Waals surface area contributed by atoms with Crippen LogP contribution in [0.5, 0.6) is 0 Å². The van der Waals surface area contributed by atoms with E-state index in [0.29, 0.717) is 17.4 Å². The first-order valence-electron chi connectivity index (χ1n) is 11.5. The van der Waals surface area contributed by atoms with E-state index in [0.717, 1.165) is 28.9 Å². The lowest BCUT2D eigenvalue weighted by Gasteiger charge is -2.14. The summed E-state index contributed by atoms with van der Waals surface area (Å²) >= 11 is 0. The molecule has 3 aromatic rings. The Morgan fingerprint density at radius 1 is 1.03 bits per heavy atom. The minimum absolute atomic E-state index is 0.00659. The number of benzene rings is 2. The first-order valence-corrected chi connectivity index (χ1v) is 11.5. The van der Waals surface area contributed by atoms with Gasteiger partial charge in [-0.1, -0.05) is 61.7 Å². The summed E-state index contributed by atoms with van der Waals surface area (Å²) in [6.45, 7) is 4.03. The summed E-state index contributed by atoms with van der Waals surface area (Å²) in [5, 5.41) is 0.300. The molecule has 1 aliphatic rings. The Bertz CT molecular complexity index is 1280. The average molecular weight is 462 g/mol. The van der Waals surface area contributed by atoms with Gasteiger partial charge in [0.1, 0.15) is 5.58 Å². The lowest BCUT2D eigenvalue weighted by molar-refractivity contribution is -0.153. The van der Waals surface area contributed by atoms with E-state index in [1.165, 1.54) is 6.26 Å². The number of rotatable bonds is 8. The fraction of sp³-hybridized carbons (Fsp3) is 0.333. The molecular formula is C27H27NO6. The highest BCUT2D eigenvalue weighted by Crippen LogP contribution is 2.36. The minimum atomic E-state index is -1.43. The first kappa shape index (κ1) is 23.4. The second-order valence-corrected chi connectivity index (χ2v) is 8.60. The third-order valence-corrected chi connectivity index (χ3v) is 6.12. The number of amides is 2. The Hall–Kier alpha value is -3.74. The summed E-state index contributed by atoms with van der Waals surface area (Å²) < 4.78 is 11.0. The highest BCUT2D eigenvalue weighted by atomic mass is 16.5. The number of aryl methyl sites for hydroxylation is 1. The highest BCUT2D eigenvalue weighted by Gasteiger charge is 2.54. The third-order valence-electron chi connectivity index (χ3n) is 6.12.